The van der Waals surface area contributed by atoms with Gasteiger partial charge in [0.05, 0.1) is 11.6 Å². The average molecular weight is 533 g/mol. The maximum atomic E-state index is 9.29. The zero-order valence-electron chi connectivity index (χ0n) is 23.1. The van der Waals surface area contributed by atoms with E-state index >= 15 is 0 Å². The molecule has 6 rings (SSSR count). The van der Waals surface area contributed by atoms with E-state index < -0.39 is 0 Å². The summed E-state index contributed by atoms with van der Waals surface area (Å²) in [5.74, 6) is 3.50. The number of hydrogen-bond acceptors (Lipinski definition) is 7. The fraction of sp³-hybridized carbons (Fsp3) is 0.394. The van der Waals surface area contributed by atoms with Crippen molar-refractivity contribution < 1.29 is 4.52 Å². The molecule has 204 valence electrons. The number of rotatable bonds is 7. The van der Waals surface area contributed by atoms with E-state index in [1.165, 1.54) is 50.6 Å². The Hall–Kier alpha value is -4.18. The Kier molecular flexibility index (Phi) is 7.76. The molecule has 1 N–H and O–H groups in total. The smallest absolute Gasteiger partial charge is 0.223 e. The molecule has 3 heterocycles. The van der Waals surface area contributed by atoms with Gasteiger partial charge in [-0.05, 0) is 104 Å². The van der Waals surface area contributed by atoms with Crippen LogP contribution in [0.15, 0.2) is 71.4 Å². The van der Waals surface area contributed by atoms with Gasteiger partial charge in [-0.15, -0.1) is 0 Å². The van der Waals surface area contributed by atoms with Gasteiger partial charge in [0.15, 0.2) is 0 Å². The summed E-state index contributed by atoms with van der Waals surface area (Å²) in [6, 6.07) is 23.2. The number of piperidine rings is 1. The van der Waals surface area contributed by atoms with Crippen molar-refractivity contribution in [2.24, 2.45) is 11.8 Å². The quantitative estimate of drug-likeness (QED) is 0.268. The summed E-state index contributed by atoms with van der Waals surface area (Å²) in [4.78, 5) is 11.6. The summed E-state index contributed by atoms with van der Waals surface area (Å²) in [6.07, 6.45) is 10.7. The van der Waals surface area contributed by atoms with Crippen molar-refractivity contribution in [1.29, 1.82) is 5.26 Å². The van der Waals surface area contributed by atoms with Gasteiger partial charge in [0.1, 0.15) is 5.82 Å². The third-order valence-electron chi connectivity index (χ3n) is 8.50. The van der Waals surface area contributed by atoms with Crippen LogP contribution in [0.25, 0.3) is 22.5 Å². The van der Waals surface area contributed by atoms with Crippen LogP contribution in [0, 0.1) is 30.1 Å². The third kappa shape index (κ3) is 6.02. The van der Waals surface area contributed by atoms with Crippen LogP contribution in [-0.4, -0.2) is 34.3 Å². The first-order valence-corrected chi connectivity index (χ1v) is 14.5. The van der Waals surface area contributed by atoms with Crippen molar-refractivity contribution in [3.8, 4) is 28.6 Å². The highest BCUT2D eigenvalue weighted by atomic mass is 16.5. The Morgan fingerprint density at radius 3 is 2.65 bits per heavy atom. The number of nitrogens with zero attached hydrogens (tertiary/aromatic N) is 5. The molecule has 2 aliphatic rings. The molecule has 3 atom stereocenters. The van der Waals surface area contributed by atoms with E-state index in [4.69, 9.17) is 4.52 Å². The summed E-state index contributed by atoms with van der Waals surface area (Å²) in [7, 11) is 0. The molecule has 0 amide bonds. The van der Waals surface area contributed by atoms with E-state index in [0.717, 1.165) is 35.6 Å². The lowest BCUT2D eigenvalue weighted by Gasteiger charge is -2.39. The standard InChI is InChI=1S/C33H36N6O/c1-23-36-33(38-40-23)26-11-13-30(14-12-26)39-17-5-7-25(22-39)19-29-8-2-3-10-31(29)37-32-20-28(15-16-35-32)27-9-4-6-24(18-27)21-34/h4,6,9,11-16,18,20,25,29,31H,2-3,5,7-8,10,17,19,22H2,1H3,(H,35,37)/t25-,29+,31-/m1/s1. The molecule has 1 aliphatic heterocycles. The highest BCUT2D eigenvalue weighted by Crippen LogP contribution is 2.36. The molecule has 7 nitrogen and oxygen atoms in total. The van der Waals surface area contributed by atoms with Crippen molar-refractivity contribution in [1.82, 2.24) is 15.1 Å². The lowest BCUT2D eigenvalue weighted by atomic mass is 9.77. The van der Waals surface area contributed by atoms with Gasteiger partial charge in [0.25, 0.3) is 0 Å². The minimum Gasteiger partial charge on any atom is -0.371 e. The second-order valence-corrected chi connectivity index (χ2v) is 11.3. The Balaban J connectivity index is 1.10. The number of benzene rings is 2. The Labute approximate surface area is 236 Å². The maximum absolute atomic E-state index is 9.29. The molecule has 2 fully saturated rings. The zero-order valence-corrected chi connectivity index (χ0v) is 23.1. The number of nitrogens with one attached hydrogen (secondary N) is 1. The van der Waals surface area contributed by atoms with E-state index in [0.29, 0.717) is 35.2 Å². The summed E-state index contributed by atoms with van der Waals surface area (Å²) in [5, 5.41) is 17.2. The van der Waals surface area contributed by atoms with Crippen molar-refractivity contribution in [2.45, 2.75) is 57.9 Å². The van der Waals surface area contributed by atoms with Gasteiger partial charge in [0, 0.05) is 43.5 Å². The lowest BCUT2D eigenvalue weighted by Crippen LogP contribution is -2.39. The van der Waals surface area contributed by atoms with Gasteiger partial charge >= 0.3 is 0 Å². The molecule has 0 bridgehead atoms. The lowest BCUT2D eigenvalue weighted by molar-refractivity contribution is 0.247. The van der Waals surface area contributed by atoms with E-state index in [1.54, 1.807) is 0 Å². The molecule has 0 spiro atoms. The number of aryl methyl sites for hydroxylation is 1. The Bertz CT molecular complexity index is 1470. The number of anilines is 2. The van der Waals surface area contributed by atoms with E-state index in [2.05, 4.69) is 67.8 Å². The predicted molar refractivity (Wildman–Crippen MR) is 158 cm³/mol. The predicted octanol–water partition coefficient (Wildman–Crippen LogP) is 7.26. The van der Waals surface area contributed by atoms with Crippen molar-refractivity contribution in [3.63, 3.8) is 0 Å². The molecule has 4 aromatic rings. The number of pyridine rings is 1. The molecule has 1 saturated heterocycles. The molecule has 0 radical (unpaired) electrons. The van der Waals surface area contributed by atoms with Crippen LogP contribution < -0.4 is 10.2 Å². The monoisotopic (exact) mass is 532 g/mol. The van der Waals surface area contributed by atoms with Gasteiger partial charge < -0.3 is 14.7 Å². The second kappa shape index (κ2) is 11.9. The number of hydrogen-bond donors (Lipinski definition) is 1. The molecule has 7 heteroatoms. The normalized spacial score (nSPS) is 21.1. The Morgan fingerprint density at radius 2 is 1.82 bits per heavy atom. The molecule has 1 aliphatic carbocycles. The van der Waals surface area contributed by atoms with Gasteiger partial charge in [-0.1, -0.05) is 30.1 Å². The minimum absolute atomic E-state index is 0.440. The van der Waals surface area contributed by atoms with Gasteiger partial charge in [0.2, 0.25) is 11.7 Å². The highest BCUT2D eigenvalue weighted by Gasteiger charge is 2.30. The van der Waals surface area contributed by atoms with Gasteiger partial charge in [-0.25, -0.2) is 4.98 Å². The molecule has 2 aromatic carbocycles. The van der Waals surface area contributed by atoms with E-state index in [9.17, 15) is 5.26 Å². The van der Waals surface area contributed by atoms with Crippen LogP contribution in [0.4, 0.5) is 11.5 Å². The van der Waals surface area contributed by atoms with Crippen LogP contribution in [0.1, 0.15) is 56.4 Å². The molecule has 40 heavy (non-hydrogen) atoms. The summed E-state index contributed by atoms with van der Waals surface area (Å²) in [5.41, 5.74) is 5.07. The average Bonchev–Trinajstić information content (AvgIpc) is 3.45. The third-order valence-corrected chi connectivity index (χ3v) is 8.50. The first kappa shape index (κ1) is 26.1. The fourth-order valence-electron chi connectivity index (χ4n) is 6.49. The Morgan fingerprint density at radius 1 is 0.975 bits per heavy atom. The van der Waals surface area contributed by atoms with Gasteiger partial charge in [-0.2, -0.15) is 10.2 Å². The zero-order chi connectivity index (χ0) is 27.3. The van der Waals surface area contributed by atoms with E-state index in [-0.39, 0.29) is 0 Å². The summed E-state index contributed by atoms with van der Waals surface area (Å²) in [6.45, 7) is 4.02. The summed E-state index contributed by atoms with van der Waals surface area (Å²) < 4.78 is 5.14. The molecule has 1 saturated carbocycles. The van der Waals surface area contributed by atoms with Crippen LogP contribution in [0.5, 0.6) is 0 Å². The molecular weight excluding hydrogens is 496 g/mol. The first-order valence-electron chi connectivity index (χ1n) is 14.5. The largest absolute Gasteiger partial charge is 0.371 e. The maximum Gasteiger partial charge on any atom is 0.223 e. The van der Waals surface area contributed by atoms with Crippen LogP contribution in [-0.2, 0) is 0 Å². The van der Waals surface area contributed by atoms with Crippen molar-refractivity contribution >= 4 is 11.5 Å². The first-order chi connectivity index (χ1) is 19.6. The molecule has 2 aromatic heterocycles. The molecular formula is C33H36N6O. The SMILES string of the molecule is Cc1nc(-c2ccc(N3CCC[C@H](C[C@@H]4CCCC[C@H]4Nc4cc(-c5cccc(C#N)c5)ccn4)C3)cc2)no1. The highest BCUT2D eigenvalue weighted by molar-refractivity contribution is 5.67. The van der Waals surface area contributed by atoms with Crippen LogP contribution >= 0.6 is 0 Å². The summed E-state index contributed by atoms with van der Waals surface area (Å²) >= 11 is 0. The number of aromatic nitrogens is 3. The second-order valence-electron chi connectivity index (χ2n) is 11.3. The van der Waals surface area contributed by atoms with Crippen LogP contribution in [0.3, 0.4) is 0 Å². The van der Waals surface area contributed by atoms with Crippen molar-refractivity contribution in [2.75, 3.05) is 23.3 Å². The van der Waals surface area contributed by atoms with Gasteiger partial charge in [-0.3, -0.25) is 0 Å². The topological polar surface area (TPSA) is 90.9 Å². The molecule has 0 unspecified atom stereocenters. The minimum atomic E-state index is 0.440. The van der Waals surface area contributed by atoms with Crippen molar-refractivity contribution in [3.05, 3.63) is 78.3 Å². The van der Waals surface area contributed by atoms with E-state index in [1.807, 2.05) is 37.4 Å². The fourth-order valence-corrected chi connectivity index (χ4v) is 6.49. The van der Waals surface area contributed by atoms with Crippen LogP contribution in [0.2, 0.25) is 0 Å². The number of nitriles is 1.